The third-order valence-electron chi connectivity index (χ3n) is 3.02. The standard InChI is InChI=1S/C14H20O2/c1-10(2)11(3)14(15)9-12-6-5-7-13(8-12)16-4/h5-8,10-11H,9H2,1-4H3. The van der Waals surface area contributed by atoms with Crippen molar-refractivity contribution < 1.29 is 9.53 Å². The lowest BCUT2D eigenvalue weighted by Crippen LogP contribution is -2.18. The Hall–Kier alpha value is -1.31. The van der Waals surface area contributed by atoms with E-state index in [1.54, 1.807) is 7.11 Å². The second kappa shape index (κ2) is 5.69. The number of rotatable bonds is 5. The molecular weight excluding hydrogens is 200 g/mol. The molecule has 0 aliphatic heterocycles. The van der Waals surface area contributed by atoms with Crippen molar-refractivity contribution in [3.63, 3.8) is 0 Å². The van der Waals surface area contributed by atoms with Gasteiger partial charge < -0.3 is 4.74 Å². The number of carbonyl (C=O) groups is 1. The molecule has 0 radical (unpaired) electrons. The van der Waals surface area contributed by atoms with E-state index in [1.807, 2.05) is 31.2 Å². The predicted molar refractivity (Wildman–Crippen MR) is 65.7 cm³/mol. The Bertz CT molecular complexity index is 356. The number of hydrogen-bond donors (Lipinski definition) is 0. The molecule has 0 heterocycles. The van der Waals surface area contributed by atoms with Gasteiger partial charge in [-0.15, -0.1) is 0 Å². The molecule has 1 aromatic carbocycles. The van der Waals surface area contributed by atoms with Gasteiger partial charge in [-0.3, -0.25) is 4.79 Å². The van der Waals surface area contributed by atoms with Crippen LogP contribution in [0.15, 0.2) is 24.3 Å². The SMILES string of the molecule is COc1cccc(CC(=O)C(C)C(C)C)c1. The molecule has 1 atom stereocenters. The molecule has 16 heavy (non-hydrogen) atoms. The zero-order valence-electron chi connectivity index (χ0n) is 10.5. The second-order valence-corrected chi connectivity index (χ2v) is 4.53. The highest BCUT2D eigenvalue weighted by Crippen LogP contribution is 2.17. The van der Waals surface area contributed by atoms with E-state index in [0.29, 0.717) is 18.1 Å². The van der Waals surface area contributed by atoms with E-state index >= 15 is 0 Å². The average molecular weight is 220 g/mol. The molecule has 0 saturated carbocycles. The maximum absolute atomic E-state index is 11.9. The van der Waals surface area contributed by atoms with Crippen LogP contribution in [0.2, 0.25) is 0 Å². The summed E-state index contributed by atoms with van der Waals surface area (Å²) in [6.07, 6.45) is 0.497. The van der Waals surface area contributed by atoms with Crippen molar-refractivity contribution in [2.75, 3.05) is 7.11 Å². The Morgan fingerprint density at radius 2 is 2.00 bits per heavy atom. The summed E-state index contributed by atoms with van der Waals surface area (Å²) in [5, 5.41) is 0. The topological polar surface area (TPSA) is 26.3 Å². The van der Waals surface area contributed by atoms with E-state index in [4.69, 9.17) is 4.74 Å². The lowest BCUT2D eigenvalue weighted by atomic mass is 9.90. The summed E-state index contributed by atoms with van der Waals surface area (Å²) in [5.74, 6) is 1.62. The maximum Gasteiger partial charge on any atom is 0.140 e. The van der Waals surface area contributed by atoms with E-state index in [9.17, 15) is 4.79 Å². The van der Waals surface area contributed by atoms with Gasteiger partial charge >= 0.3 is 0 Å². The Kier molecular flexibility index (Phi) is 4.53. The van der Waals surface area contributed by atoms with Gasteiger partial charge in [-0.2, -0.15) is 0 Å². The first-order valence-corrected chi connectivity index (χ1v) is 5.70. The van der Waals surface area contributed by atoms with Gasteiger partial charge in [0.1, 0.15) is 11.5 Å². The molecule has 0 saturated heterocycles. The summed E-state index contributed by atoms with van der Waals surface area (Å²) >= 11 is 0. The largest absolute Gasteiger partial charge is 0.497 e. The zero-order chi connectivity index (χ0) is 12.1. The molecule has 0 N–H and O–H groups in total. The van der Waals surface area contributed by atoms with E-state index < -0.39 is 0 Å². The Morgan fingerprint density at radius 1 is 1.31 bits per heavy atom. The van der Waals surface area contributed by atoms with Gasteiger partial charge in [0.2, 0.25) is 0 Å². The molecule has 88 valence electrons. The van der Waals surface area contributed by atoms with Crippen LogP contribution in [0, 0.1) is 11.8 Å². The molecule has 0 amide bonds. The molecule has 0 aliphatic rings. The number of benzene rings is 1. The third-order valence-corrected chi connectivity index (χ3v) is 3.02. The Balaban J connectivity index is 2.69. The van der Waals surface area contributed by atoms with E-state index in [1.165, 1.54) is 0 Å². The van der Waals surface area contributed by atoms with Crippen molar-refractivity contribution in [3.05, 3.63) is 29.8 Å². The third kappa shape index (κ3) is 3.37. The summed E-state index contributed by atoms with van der Waals surface area (Å²) in [5.41, 5.74) is 1.02. The van der Waals surface area contributed by atoms with Crippen molar-refractivity contribution >= 4 is 5.78 Å². The summed E-state index contributed by atoms with van der Waals surface area (Å²) in [6, 6.07) is 7.69. The summed E-state index contributed by atoms with van der Waals surface area (Å²) < 4.78 is 5.13. The number of Topliss-reactive ketones (excluding diaryl/α,β-unsaturated/α-hetero) is 1. The van der Waals surface area contributed by atoms with E-state index in [-0.39, 0.29) is 5.92 Å². The fourth-order valence-corrected chi connectivity index (χ4v) is 1.52. The molecular formula is C14H20O2. The van der Waals surface area contributed by atoms with Gasteiger partial charge in [0.05, 0.1) is 7.11 Å². The second-order valence-electron chi connectivity index (χ2n) is 4.53. The van der Waals surface area contributed by atoms with Gasteiger partial charge in [0.25, 0.3) is 0 Å². The van der Waals surface area contributed by atoms with Crippen LogP contribution >= 0.6 is 0 Å². The fourth-order valence-electron chi connectivity index (χ4n) is 1.52. The Morgan fingerprint density at radius 3 is 2.56 bits per heavy atom. The molecule has 0 spiro atoms. The first kappa shape index (κ1) is 12.8. The van der Waals surface area contributed by atoms with Crippen LogP contribution in [0.4, 0.5) is 0 Å². The number of ether oxygens (including phenoxy) is 1. The lowest BCUT2D eigenvalue weighted by molar-refractivity contribution is -0.122. The smallest absolute Gasteiger partial charge is 0.140 e. The normalized spacial score (nSPS) is 12.6. The van der Waals surface area contributed by atoms with Crippen LogP contribution in [0.3, 0.4) is 0 Å². The van der Waals surface area contributed by atoms with Gasteiger partial charge in [-0.25, -0.2) is 0 Å². The van der Waals surface area contributed by atoms with Crippen molar-refractivity contribution in [1.29, 1.82) is 0 Å². The van der Waals surface area contributed by atoms with Gasteiger partial charge in [-0.1, -0.05) is 32.9 Å². The first-order chi connectivity index (χ1) is 7.54. The molecule has 1 unspecified atom stereocenters. The van der Waals surface area contributed by atoms with Crippen molar-refractivity contribution in [2.45, 2.75) is 27.2 Å². The van der Waals surface area contributed by atoms with E-state index in [0.717, 1.165) is 11.3 Å². The molecule has 1 aromatic rings. The predicted octanol–water partition coefficient (Wildman–Crippen LogP) is 3.10. The van der Waals surface area contributed by atoms with Gasteiger partial charge in [0, 0.05) is 12.3 Å². The highest BCUT2D eigenvalue weighted by atomic mass is 16.5. The number of methoxy groups -OCH3 is 1. The molecule has 1 rings (SSSR count). The van der Waals surface area contributed by atoms with Crippen molar-refractivity contribution in [3.8, 4) is 5.75 Å². The van der Waals surface area contributed by atoms with Crippen LogP contribution in [-0.2, 0) is 11.2 Å². The van der Waals surface area contributed by atoms with Gasteiger partial charge in [-0.05, 0) is 23.6 Å². The monoisotopic (exact) mass is 220 g/mol. The number of carbonyl (C=O) groups excluding carboxylic acids is 1. The first-order valence-electron chi connectivity index (χ1n) is 5.70. The van der Waals surface area contributed by atoms with Crippen LogP contribution in [0.25, 0.3) is 0 Å². The van der Waals surface area contributed by atoms with Crippen molar-refractivity contribution in [1.82, 2.24) is 0 Å². The van der Waals surface area contributed by atoms with Crippen LogP contribution < -0.4 is 4.74 Å². The molecule has 0 aromatic heterocycles. The highest BCUT2D eigenvalue weighted by molar-refractivity contribution is 5.83. The minimum atomic E-state index is 0.117. The summed E-state index contributed by atoms with van der Waals surface area (Å²) in [7, 11) is 1.64. The molecule has 0 fully saturated rings. The molecule has 0 bridgehead atoms. The van der Waals surface area contributed by atoms with E-state index in [2.05, 4.69) is 13.8 Å². The Labute approximate surface area is 97.6 Å². The molecule has 0 aliphatic carbocycles. The van der Waals surface area contributed by atoms with Crippen LogP contribution in [0.1, 0.15) is 26.3 Å². The van der Waals surface area contributed by atoms with Crippen LogP contribution in [-0.4, -0.2) is 12.9 Å². The van der Waals surface area contributed by atoms with Crippen molar-refractivity contribution in [2.24, 2.45) is 11.8 Å². The quantitative estimate of drug-likeness (QED) is 0.762. The maximum atomic E-state index is 11.9. The molecule has 2 heteroatoms. The number of hydrogen-bond acceptors (Lipinski definition) is 2. The summed E-state index contributed by atoms with van der Waals surface area (Å²) in [4.78, 5) is 11.9. The number of ketones is 1. The van der Waals surface area contributed by atoms with Gasteiger partial charge in [0.15, 0.2) is 0 Å². The molecule has 2 nitrogen and oxygen atoms in total. The highest BCUT2D eigenvalue weighted by Gasteiger charge is 2.16. The average Bonchev–Trinajstić information content (AvgIpc) is 2.28. The van der Waals surface area contributed by atoms with Crippen LogP contribution in [0.5, 0.6) is 5.75 Å². The lowest BCUT2D eigenvalue weighted by Gasteiger charge is -2.14. The minimum absolute atomic E-state index is 0.117. The summed E-state index contributed by atoms with van der Waals surface area (Å²) in [6.45, 7) is 6.15. The zero-order valence-corrected chi connectivity index (χ0v) is 10.5. The fraction of sp³-hybridized carbons (Fsp3) is 0.500. The minimum Gasteiger partial charge on any atom is -0.497 e.